The van der Waals surface area contributed by atoms with Gasteiger partial charge in [0.2, 0.25) is 0 Å². The maximum Gasteiger partial charge on any atom is 0.142 e. The van der Waals surface area contributed by atoms with Crippen molar-refractivity contribution in [1.82, 2.24) is 0 Å². The lowest BCUT2D eigenvalue weighted by atomic mass is 10.1. The van der Waals surface area contributed by atoms with Gasteiger partial charge in [-0.3, -0.25) is 4.79 Å². The van der Waals surface area contributed by atoms with Crippen LogP contribution < -0.4 is 0 Å². The van der Waals surface area contributed by atoms with Crippen LogP contribution in [0.5, 0.6) is 0 Å². The average Bonchev–Trinajstić information content (AvgIpc) is 2.28. The average molecular weight is 204 g/mol. The van der Waals surface area contributed by atoms with Crippen molar-refractivity contribution < 1.29 is 9.90 Å². The highest BCUT2D eigenvalue weighted by Gasteiger charge is 2.01. The summed E-state index contributed by atoms with van der Waals surface area (Å²) in [4.78, 5) is 10.00. The van der Waals surface area contributed by atoms with Crippen molar-refractivity contribution in [2.75, 3.05) is 0 Å². The fraction of sp³-hybridized carbons (Fsp3) is 0.308. The summed E-state index contributed by atoms with van der Waals surface area (Å²) in [5.41, 5.74) is 1.23. The number of hydrogen-bond donors (Lipinski definition) is 1. The summed E-state index contributed by atoms with van der Waals surface area (Å²) in [6.45, 7) is 0. The lowest BCUT2D eigenvalue weighted by Gasteiger charge is -2.07. The van der Waals surface area contributed by atoms with Gasteiger partial charge in [0, 0.05) is 0 Å². The van der Waals surface area contributed by atoms with Gasteiger partial charge in [-0.05, 0) is 30.9 Å². The summed E-state index contributed by atoms with van der Waals surface area (Å²) in [5.74, 6) is 0. The molecule has 80 valence electrons. The van der Waals surface area contributed by atoms with Crippen LogP contribution in [-0.4, -0.2) is 17.5 Å². The predicted molar refractivity (Wildman–Crippen MR) is 60.6 cm³/mol. The molecule has 1 aromatic rings. The molecule has 1 aromatic carbocycles. The van der Waals surface area contributed by atoms with Crippen LogP contribution in [0.2, 0.25) is 0 Å². The molecule has 2 nitrogen and oxygen atoms in total. The molecule has 0 amide bonds. The zero-order valence-corrected chi connectivity index (χ0v) is 8.67. The van der Waals surface area contributed by atoms with Gasteiger partial charge in [-0.1, -0.05) is 36.4 Å². The zero-order chi connectivity index (χ0) is 10.9. The second-order valence-electron chi connectivity index (χ2n) is 3.48. The number of carbonyl (C=O) groups is 1. The Morgan fingerprint density at radius 1 is 1.27 bits per heavy atom. The molecular weight excluding hydrogens is 188 g/mol. The monoisotopic (exact) mass is 204 g/mol. The Morgan fingerprint density at radius 3 is 2.67 bits per heavy atom. The standard InChI is InChI=1S/C13H16O2/c14-11-5-4-8-13(15)10-9-12-6-2-1-3-7-12/h1-7,11,13,15H,8-10H2/b5-4+. The topological polar surface area (TPSA) is 37.3 Å². The first-order chi connectivity index (χ1) is 7.33. The van der Waals surface area contributed by atoms with Crippen LogP contribution in [0.1, 0.15) is 18.4 Å². The first-order valence-corrected chi connectivity index (χ1v) is 5.15. The molecule has 0 saturated heterocycles. The second-order valence-corrected chi connectivity index (χ2v) is 3.48. The summed E-state index contributed by atoms with van der Waals surface area (Å²) in [7, 11) is 0. The van der Waals surface area contributed by atoms with Gasteiger partial charge in [-0.15, -0.1) is 0 Å². The normalized spacial score (nSPS) is 12.9. The van der Waals surface area contributed by atoms with Gasteiger partial charge in [-0.2, -0.15) is 0 Å². The van der Waals surface area contributed by atoms with E-state index in [1.165, 1.54) is 11.6 Å². The Bertz CT molecular complexity index is 304. The van der Waals surface area contributed by atoms with Gasteiger partial charge in [0.15, 0.2) is 0 Å². The molecule has 0 fully saturated rings. The van der Waals surface area contributed by atoms with Crippen molar-refractivity contribution in [3.8, 4) is 0 Å². The van der Waals surface area contributed by atoms with Crippen LogP contribution in [-0.2, 0) is 11.2 Å². The van der Waals surface area contributed by atoms with Crippen LogP contribution in [0, 0.1) is 0 Å². The van der Waals surface area contributed by atoms with E-state index < -0.39 is 0 Å². The molecule has 0 aliphatic carbocycles. The SMILES string of the molecule is O=C/C=C/CC(O)CCc1ccccc1. The molecule has 1 rings (SSSR count). The van der Waals surface area contributed by atoms with Crippen molar-refractivity contribution in [2.24, 2.45) is 0 Å². The molecule has 1 atom stereocenters. The molecular formula is C13H16O2. The highest BCUT2D eigenvalue weighted by molar-refractivity contribution is 5.64. The zero-order valence-electron chi connectivity index (χ0n) is 8.67. The number of benzene rings is 1. The predicted octanol–water partition coefficient (Wildman–Crippen LogP) is 2.13. The molecule has 1 N–H and O–H groups in total. The summed E-state index contributed by atoms with van der Waals surface area (Å²) < 4.78 is 0. The highest BCUT2D eigenvalue weighted by atomic mass is 16.3. The quantitative estimate of drug-likeness (QED) is 0.569. The Balaban J connectivity index is 2.25. The van der Waals surface area contributed by atoms with E-state index in [1.54, 1.807) is 6.08 Å². The van der Waals surface area contributed by atoms with Gasteiger partial charge >= 0.3 is 0 Å². The first-order valence-electron chi connectivity index (χ1n) is 5.15. The summed E-state index contributed by atoms with van der Waals surface area (Å²) in [6, 6.07) is 10.1. The third kappa shape index (κ3) is 5.13. The minimum Gasteiger partial charge on any atom is -0.393 e. The maximum absolute atomic E-state index is 10.00. The van der Waals surface area contributed by atoms with E-state index in [9.17, 15) is 9.90 Å². The number of allylic oxidation sites excluding steroid dienone is 1. The fourth-order valence-electron chi connectivity index (χ4n) is 1.39. The number of carbonyl (C=O) groups excluding carboxylic acids is 1. The second kappa shape index (κ2) is 6.96. The number of hydrogen-bond acceptors (Lipinski definition) is 2. The van der Waals surface area contributed by atoms with Crippen LogP contribution in [0.25, 0.3) is 0 Å². The first kappa shape index (κ1) is 11.7. The van der Waals surface area contributed by atoms with Crippen molar-refractivity contribution in [2.45, 2.75) is 25.4 Å². The van der Waals surface area contributed by atoms with Gasteiger partial charge < -0.3 is 5.11 Å². The molecule has 0 aliphatic rings. The number of aliphatic hydroxyl groups excluding tert-OH is 1. The van der Waals surface area contributed by atoms with Crippen molar-refractivity contribution in [3.63, 3.8) is 0 Å². The highest BCUT2D eigenvalue weighted by Crippen LogP contribution is 2.07. The minimum atomic E-state index is -0.360. The van der Waals surface area contributed by atoms with Crippen LogP contribution in [0.3, 0.4) is 0 Å². The van der Waals surface area contributed by atoms with Crippen LogP contribution in [0.15, 0.2) is 42.5 Å². The van der Waals surface area contributed by atoms with E-state index in [1.807, 2.05) is 30.3 Å². The van der Waals surface area contributed by atoms with E-state index in [0.717, 1.165) is 19.1 Å². The van der Waals surface area contributed by atoms with Gasteiger partial charge in [0.25, 0.3) is 0 Å². The Kier molecular flexibility index (Phi) is 5.41. The summed E-state index contributed by atoms with van der Waals surface area (Å²) in [6.07, 6.45) is 5.63. The van der Waals surface area contributed by atoms with Crippen molar-refractivity contribution in [3.05, 3.63) is 48.0 Å². The lowest BCUT2D eigenvalue weighted by molar-refractivity contribution is -0.104. The van der Waals surface area contributed by atoms with Gasteiger partial charge in [0.05, 0.1) is 6.10 Å². The molecule has 2 heteroatoms. The molecule has 0 aromatic heterocycles. The van der Waals surface area contributed by atoms with Gasteiger partial charge in [-0.25, -0.2) is 0 Å². The van der Waals surface area contributed by atoms with E-state index in [2.05, 4.69) is 0 Å². The fourth-order valence-corrected chi connectivity index (χ4v) is 1.39. The van der Waals surface area contributed by atoms with Crippen LogP contribution >= 0.6 is 0 Å². The van der Waals surface area contributed by atoms with E-state index in [0.29, 0.717) is 6.42 Å². The lowest BCUT2D eigenvalue weighted by Crippen LogP contribution is -2.06. The minimum absolute atomic E-state index is 0.360. The molecule has 0 saturated carbocycles. The van der Waals surface area contributed by atoms with E-state index in [-0.39, 0.29) is 6.10 Å². The molecule has 15 heavy (non-hydrogen) atoms. The molecule has 0 aliphatic heterocycles. The Hall–Kier alpha value is -1.41. The number of rotatable bonds is 6. The Morgan fingerprint density at radius 2 is 2.00 bits per heavy atom. The number of aldehydes is 1. The maximum atomic E-state index is 10.00. The third-order valence-corrected chi connectivity index (χ3v) is 2.23. The summed E-state index contributed by atoms with van der Waals surface area (Å²) in [5, 5.41) is 9.57. The molecule has 0 bridgehead atoms. The van der Waals surface area contributed by atoms with E-state index >= 15 is 0 Å². The van der Waals surface area contributed by atoms with E-state index in [4.69, 9.17) is 0 Å². The van der Waals surface area contributed by atoms with Crippen LogP contribution in [0.4, 0.5) is 0 Å². The smallest absolute Gasteiger partial charge is 0.142 e. The largest absolute Gasteiger partial charge is 0.393 e. The summed E-state index contributed by atoms with van der Waals surface area (Å²) >= 11 is 0. The molecule has 0 heterocycles. The van der Waals surface area contributed by atoms with Gasteiger partial charge in [0.1, 0.15) is 6.29 Å². The van der Waals surface area contributed by atoms with Crippen molar-refractivity contribution in [1.29, 1.82) is 0 Å². The third-order valence-electron chi connectivity index (χ3n) is 2.23. The van der Waals surface area contributed by atoms with Crippen molar-refractivity contribution >= 4 is 6.29 Å². The Labute approximate surface area is 90.3 Å². The number of aliphatic hydroxyl groups is 1. The number of aryl methyl sites for hydroxylation is 1. The molecule has 1 unspecified atom stereocenters. The molecule has 0 spiro atoms. The molecule has 0 radical (unpaired) electrons.